The van der Waals surface area contributed by atoms with Crippen molar-refractivity contribution in [2.45, 2.75) is 26.9 Å². The summed E-state index contributed by atoms with van der Waals surface area (Å²) in [6.07, 6.45) is -0.167. The lowest BCUT2D eigenvalue weighted by atomic mass is 9.96. The van der Waals surface area contributed by atoms with Crippen molar-refractivity contribution in [2.24, 2.45) is 5.41 Å². The standard InChI is InChI=1S/C13H28N2O4/c1-13(2,3)10-15(6-7-16)12(17)14-8-11(19-5)9-18-4/h11,16H,6-10H2,1-5H3,(H,14,17). The molecule has 0 spiro atoms. The maximum Gasteiger partial charge on any atom is 0.317 e. The molecule has 0 aromatic carbocycles. The zero-order valence-corrected chi connectivity index (χ0v) is 12.7. The number of aliphatic hydroxyl groups excluding tert-OH is 1. The van der Waals surface area contributed by atoms with Gasteiger partial charge in [0.2, 0.25) is 0 Å². The summed E-state index contributed by atoms with van der Waals surface area (Å²) in [6.45, 7) is 7.82. The van der Waals surface area contributed by atoms with E-state index in [2.05, 4.69) is 5.32 Å². The van der Waals surface area contributed by atoms with E-state index in [9.17, 15) is 4.79 Å². The molecule has 6 nitrogen and oxygen atoms in total. The lowest BCUT2D eigenvalue weighted by Gasteiger charge is -2.30. The van der Waals surface area contributed by atoms with E-state index in [1.165, 1.54) is 0 Å². The first-order valence-electron chi connectivity index (χ1n) is 6.49. The molecule has 0 aliphatic carbocycles. The van der Waals surface area contributed by atoms with Gasteiger partial charge in [0, 0.05) is 33.9 Å². The number of urea groups is 1. The lowest BCUT2D eigenvalue weighted by Crippen LogP contribution is -2.47. The molecule has 0 radical (unpaired) electrons. The monoisotopic (exact) mass is 276 g/mol. The topological polar surface area (TPSA) is 71.0 Å². The Labute approximate surface area is 116 Å². The molecule has 0 bridgehead atoms. The van der Waals surface area contributed by atoms with Gasteiger partial charge in [-0.05, 0) is 5.41 Å². The fourth-order valence-electron chi connectivity index (χ4n) is 1.65. The van der Waals surface area contributed by atoms with Crippen molar-refractivity contribution >= 4 is 6.03 Å². The van der Waals surface area contributed by atoms with Crippen molar-refractivity contribution in [2.75, 3.05) is 47.1 Å². The van der Waals surface area contributed by atoms with Crippen LogP contribution in [0.5, 0.6) is 0 Å². The van der Waals surface area contributed by atoms with E-state index in [0.29, 0.717) is 26.2 Å². The number of rotatable bonds is 8. The molecular weight excluding hydrogens is 248 g/mol. The van der Waals surface area contributed by atoms with Gasteiger partial charge in [-0.3, -0.25) is 0 Å². The maximum absolute atomic E-state index is 12.0. The van der Waals surface area contributed by atoms with Gasteiger partial charge in [0.1, 0.15) is 0 Å². The van der Waals surface area contributed by atoms with Crippen molar-refractivity contribution in [3.05, 3.63) is 0 Å². The van der Waals surface area contributed by atoms with Crippen molar-refractivity contribution < 1.29 is 19.4 Å². The molecule has 0 heterocycles. The van der Waals surface area contributed by atoms with E-state index in [0.717, 1.165) is 0 Å². The van der Waals surface area contributed by atoms with Gasteiger partial charge < -0.3 is 24.8 Å². The van der Waals surface area contributed by atoms with Gasteiger partial charge in [-0.1, -0.05) is 20.8 Å². The van der Waals surface area contributed by atoms with Crippen LogP contribution >= 0.6 is 0 Å². The average Bonchev–Trinajstić information content (AvgIpc) is 2.32. The van der Waals surface area contributed by atoms with Crippen LogP contribution in [0.4, 0.5) is 4.79 Å². The van der Waals surface area contributed by atoms with Crippen LogP contribution in [0, 0.1) is 5.41 Å². The van der Waals surface area contributed by atoms with Crippen molar-refractivity contribution in [3.8, 4) is 0 Å². The molecule has 2 N–H and O–H groups in total. The third kappa shape index (κ3) is 8.80. The largest absolute Gasteiger partial charge is 0.395 e. The first kappa shape index (κ1) is 18.1. The predicted octanol–water partition coefficient (Wildman–Crippen LogP) is 0.698. The summed E-state index contributed by atoms with van der Waals surface area (Å²) in [7, 11) is 3.17. The minimum atomic E-state index is -0.192. The van der Waals surface area contributed by atoms with Crippen LogP contribution in [-0.4, -0.2) is 69.2 Å². The third-order valence-corrected chi connectivity index (χ3v) is 2.49. The molecule has 19 heavy (non-hydrogen) atoms. The Kier molecular flexibility index (Phi) is 8.71. The summed E-state index contributed by atoms with van der Waals surface area (Å²) >= 11 is 0. The predicted molar refractivity (Wildman–Crippen MR) is 74.2 cm³/mol. The van der Waals surface area contributed by atoms with Crippen molar-refractivity contribution in [3.63, 3.8) is 0 Å². The number of carbonyl (C=O) groups excluding carboxylic acids is 1. The highest BCUT2D eigenvalue weighted by Crippen LogP contribution is 2.14. The molecular formula is C13H28N2O4. The molecule has 0 saturated carbocycles. The molecule has 0 aliphatic rings. The Bertz CT molecular complexity index is 254. The molecule has 114 valence electrons. The zero-order valence-electron chi connectivity index (χ0n) is 12.7. The molecule has 0 fully saturated rings. The second-order valence-corrected chi connectivity index (χ2v) is 5.70. The molecule has 0 aromatic rings. The summed E-state index contributed by atoms with van der Waals surface area (Å²) in [5, 5.41) is 11.8. The number of nitrogens with zero attached hydrogens (tertiary/aromatic N) is 1. The summed E-state index contributed by atoms with van der Waals surface area (Å²) in [5.41, 5.74) is -0.0142. The second kappa shape index (κ2) is 9.12. The average molecular weight is 276 g/mol. The number of hydrogen-bond donors (Lipinski definition) is 2. The fourth-order valence-corrected chi connectivity index (χ4v) is 1.65. The number of aliphatic hydroxyl groups is 1. The third-order valence-electron chi connectivity index (χ3n) is 2.49. The first-order chi connectivity index (χ1) is 8.84. The Morgan fingerprint density at radius 1 is 1.37 bits per heavy atom. The molecule has 0 aromatic heterocycles. The maximum atomic E-state index is 12.0. The summed E-state index contributed by atoms with van der Waals surface area (Å²) in [4.78, 5) is 13.7. The number of ether oxygens (including phenoxy) is 2. The van der Waals surface area contributed by atoms with E-state index < -0.39 is 0 Å². The van der Waals surface area contributed by atoms with E-state index in [-0.39, 0.29) is 24.2 Å². The van der Waals surface area contributed by atoms with Gasteiger partial charge in [0.15, 0.2) is 0 Å². The van der Waals surface area contributed by atoms with Gasteiger partial charge in [-0.25, -0.2) is 4.79 Å². The van der Waals surface area contributed by atoms with Gasteiger partial charge in [-0.2, -0.15) is 0 Å². The number of hydrogen-bond acceptors (Lipinski definition) is 4. The normalized spacial score (nSPS) is 13.2. The number of nitrogens with one attached hydrogen (secondary N) is 1. The molecule has 0 rings (SSSR count). The molecule has 2 amide bonds. The Balaban J connectivity index is 4.31. The van der Waals surface area contributed by atoms with Gasteiger partial charge in [0.25, 0.3) is 0 Å². The summed E-state index contributed by atoms with van der Waals surface area (Å²) in [6, 6.07) is -0.192. The minimum Gasteiger partial charge on any atom is -0.395 e. The minimum absolute atomic E-state index is 0.0142. The van der Waals surface area contributed by atoms with Crippen LogP contribution < -0.4 is 5.32 Å². The van der Waals surface area contributed by atoms with E-state index in [1.54, 1.807) is 19.1 Å². The molecule has 0 aliphatic heterocycles. The lowest BCUT2D eigenvalue weighted by molar-refractivity contribution is 0.0293. The quantitative estimate of drug-likeness (QED) is 0.684. The van der Waals surface area contributed by atoms with Gasteiger partial charge in [0.05, 0.1) is 19.3 Å². The highest BCUT2D eigenvalue weighted by atomic mass is 16.5. The van der Waals surface area contributed by atoms with Crippen LogP contribution in [0.1, 0.15) is 20.8 Å². The van der Waals surface area contributed by atoms with Crippen LogP contribution in [0.2, 0.25) is 0 Å². The first-order valence-corrected chi connectivity index (χ1v) is 6.49. The smallest absolute Gasteiger partial charge is 0.317 e. The van der Waals surface area contributed by atoms with Crippen molar-refractivity contribution in [1.29, 1.82) is 0 Å². The highest BCUT2D eigenvalue weighted by molar-refractivity contribution is 5.74. The SMILES string of the molecule is COCC(CNC(=O)N(CCO)CC(C)(C)C)OC. The van der Waals surface area contributed by atoms with E-state index in [1.807, 2.05) is 20.8 Å². The fraction of sp³-hybridized carbons (Fsp3) is 0.923. The number of methoxy groups -OCH3 is 2. The van der Waals surface area contributed by atoms with Gasteiger partial charge >= 0.3 is 6.03 Å². The van der Waals surface area contributed by atoms with Gasteiger partial charge in [-0.15, -0.1) is 0 Å². The van der Waals surface area contributed by atoms with E-state index in [4.69, 9.17) is 14.6 Å². The summed E-state index contributed by atoms with van der Waals surface area (Å²) in [5.74, 6) is 0. The van der Waals surface area contributed by atoms with Crippen molar-refractivity contribution in [1.82, 2.24) is 10.2 Å². The van der Waals surface area contributed by atoms with Crippen LogP contribution in [0.15, 0.2) is 0 Å². The Hall–Kier alpha value is -0.850. The van der Waals surface area contributed by atoms with Crippen LogP contribution in [0.3, 0.4) is 0 Å². The number of amides is 2. The Morgan fingerprint density at radius 2 is 2.00 bits per heavy atom. The van der Waals surface area contributed by atoms with E-state index >= 15 is 0 Å². The van der Waals surface area contributed by atoms with Crippen LogP contribution in [0.25, 0.3) is 0 Å². The molecule has 1 atom stereocenters. The summed E-state index contributed by atoms with van der Waals surface area (Å²) < 4.78 is 10.2. The zero-order chi connectivity index (χ0) is 14.9. The van der Waals surface area contributed by atoms with Crippen LogP contribution in [-0.2, 0) is 9.47 Å². The highest BCUT2D eigenvalue weighted by Gasteiger charge is 2.21. The number of carbonyl (C=O) groups is 1. The molecule has 0 saturated heterocycles. The molecule has 6 heteroatoms. The second-order valence-electron chi connectivity index (χ2n) is 5.70. The Morgan fingerprint density at radius 3 is 2.42 bits per heavy atom. The molecule has 1 unspecified atom stereocenters.